The number of hydrogen-bond acceptors (Lipinski definition) is 5. The zero-order valence-electron chi connectivity index (χ0n) is 13.8. The van der Waals surface area contributed by atoms with Gasteiger partial charge >= 0.3 is 0 Å². The average Bonchev–Trinajstić information content (AvgIpc) is 3.06. The molecule has 1 amide bonds. The van der Waals surface area contributed by atoms with E-state index in [1.54, 1.807) is 0 Å². The molecule has 0 spiro atoms. The molecule has 2 saturated heterocycles. The summed E-state index contributed by atoms with van der Waals surface area (Å²) < 4.78 is 5.55. The third-order valence-corrected chi connectivity index (χ3v) is 5.59. The Hall–Kier alpha value is -0.950. The number of ether oxygens (including phenoxy) is 1. The van der Waals surface area contributed by atoms with Gasteiger partial charge in [-0.25, -0.2) is 0 Å². The van der Waals surface area contributed by atoms with Gasteiger partial charge in [-0.1, -0.05) is 6.07 Å². The van der Waals surface area contributed by atoms with Gasteiger partial charge in [0.1, 0.15) is 6.04 Å². The van der Waals surface area contributed by atoms with Gasteiger partial charge in [-0.15, -0.1) is 11.3 Å². The van der Waals surface area contributed by atoms with Crippen LogP contribution < -0.4 is 10.6 Å². The molecule has 128 valence electrons. The number of morpholine rings is 1. The van der Waals surface area contributed by atoms with Gasteiger partial charge in [0.05, 0.1) is 12.7 Å². The maximum absolute atomic E-state index is 12.3. The predicted octanol–water partition coefficient (Wildman–Crippen LogP) is 1.45. The number of thiophene rings is 1. The van der Waals surface area contributed by atoms with Crippen molar-refractivity contribution in [3.8, 4) is 0 Å². The maximum Gasteiger partial charge on any atom is 0.239 e. The molecule has 1 aromatic heterocycles. The molecule has 3 rings (SSSR count). The lowest BCUT2D eigenvalue weighted by atomic mass is 9.97. The standard InChI is InChI=1S/C17H27N3O2S/c1-13-16(18-6-8-22-13)17(21)19-10-14-4-2-7-20(11-14)12-15-5-3-9-23-15/h3,5,9,13-14,16,18H,2,4,6-8,10-12H2,1H3,(H,19,21)/t13-,14?,16+/m1/s1. The van der Waals surface area contributed by atoms with Gasteiger partial charge in [0.15, 0.2) is 0 Å². The van der Waals surface area contributed by atoms with Gasteiger partial charge in [0.25, 0.3) is 0 Å². The number of piperidine rings is 1. The molecule has 3 heterocycles. The van der Waals surface area contributed by atoms with Crippen molar-refractivity contribution in [3.05, 3.63) is 22.4 Å². The predicted molar refractivity (Wildman–Crippen MR) is 92.5 cm³/mol. The number of hydrogen-bond donors (Lipinski definition) is 2. The van der Waals surface area contributed by atoms with Gasteiger partial charge < -0.3 is 15.4 Å². The molecule has 2 N–H and O–H groups in total. The second-order valence-corrected chi connectivity index (χ2v) is 7.61. The van der Waals surface area contributed by atoms with E-state index in [-0.39, 0.29) is 18.1 Å². The number of nitrogens with zero attached hydrogens (tertiary/aromatic N) is 1. The van der Waals surface area contributed by atoms with E-state index in [1.807, 2.05) is 18.3 Å². The molecule has 0 aromatic carbocycles. The highest BCUT2D eigenvalue weighted by molar-refractivity contribution is 7.09. The zero-order valence-corrected chi connectivity index (χ0v) is 14.6. The van der Waals surface area contributed by atoms with Gasteiger partial charge in [-0.05, 0) is 43.7 Å². The molecule has 0 saturated carbocycles. The Balaban J connectivity index is 1.43. The molecule has 1 unspecified atom stereocenters. The summed E-state index contributed by atoms with van der Waals surface area (Å²) >= 11 is 1.82. The summed E-state index contributed by atoms with van der Waals surface area (Å²) in [6.07, 6.45) is 2.36. The molecule has 5 nitrogen and oxygen atoms in total. The number of amides is 1. The van der Waals surface area contributed by atoms with Crippen molar-refractivity contribution in [2.45, 2.75) is 38.5 Å². The number of rotatable bonds is 5. The van der Waals surface area contributed by atoms with Gasteiger partial charge in [-0.2, -0.15) is 0 Å². The number of nitrogens with one attached hydrogen (secondary N) is 2. The fourth-order valence-electron chi connectivity index (χ4n) is 3.47. The summed E-state index contributed by atoms with van der Waals surface area (Å²) in [6, 6.07) is 4.10. The Labute approximate surface area is 142 Å². The Morgan fingerprint density at radius 3 is 3.26 bits per heavy atom. The van der Waals surface area contributed by atoms with E-state index < -0.39 is 0 Å². The fraction of sp³-hybridized carbons (Fsp3) is 0.706. The second-order valence-electron chi connectivity index (χ2n) is 6.58. The molecule has 3 atom stereocenters. The summed E-state index contributed by atoms with van der Waals surface area (Å²) in [5.41, 5.74) is 0. The van der Waals surface area contributed by atoms with E-state index >= 15 is 0 Å². The molecule has 0 radical (unpaired) electrons. The lowest BCUT2D eigenvalue weighted by molar-refractivity contribution is -0.129. The molecular weight excluding hydrogens is 310 g/mol. The number of carbonyl (C=O) groups excluding carboxylic acids is 1. The number of carbonyl (C=O) groups is 1. The van der Waals surface area contributed by atoms with Crippen LogP contribution in [0.3, 0.4) is 0 Å². The number of likely N-dealkylation sites (tertiary alicyclic amines) is 1. The van der Waals surface area contributed by atoms with E-state index in [4.69, 9.17) is 4.74 Å². The van der Waals surface area contributed by atoms with Crippen LogP contribution in [-0.2, 0) is 16.1 Å². The van der Waals surface area contributed by atoms with Crippen molar-refractivity contribution in [1.29, 1.82) is 0 Å². The van der Waals surface area contributed by atoms with Crippen molar-refractivity contribution >= 4 is 17.2 Å². The second kappa shape index (κ2) is 8.24. The maximum atomic E-state index is 12.3. The largest absolute Gasteiger partial charge is 0.375 e. The first-order valence-corrected chi connectivity index (χ1v) is 9.48. The van der Waals surface area contributed by atoms with Gasteiger partial charge in [0.2, 0.25) is 5.91 Å². The van der Waals surface area contributed by atoms with Gasteiger partial charge in [-0.3, -0.25) is 9.69 Å². The van der Waals surface area contributed by atoms with Crippen molar-refractivity contribution in [2.75, 3.05) is 32.8 Å². The summed E-state index contributed by atoms with van der Waals surface area (Å²) in [7, 11) is 0. The summed E-state index contributed by atoms with van der Waals surface area (Å²) in [4.78, 5) is 16.3. The summed E-state index contributed by atoms with van der Waals surface area (Å²) in [5.74, 6) is 0.625. The first kappa shape index (κ1) is 16.9. The van der Waals surface area contributed by atoms with E-state index in [0.717, 1.165) is 32.7 Å². The Bertz CT molecular complexity index is 494. The highest BCUT2D eigenvalue weighted by Crippen LogP contribution is 2.20. The normalized spacial score (nSPS) is 29.3. The SMILES string of the molecule is C[C@H]1OCCN[C@@H]1C(=O)NCC1CCCN(Cc2cccs2)C1. The molecule has 1 aromatic rings. The highest BCUT2D eigenvalue weighted by atomic mass is 32.1. The molecule has 2 aliphatic heterocycles. The molecular formula is C17H27N3O2S. The van der Waals surface area contributed by atoms with Crippen LogP contribution in [-0.4, -0.2) is 55.7 Å². The Morgan fingerprint density at radius 1 is 1.57 bits per heavy atom. The molecule has 6 heteroatoms. The first-order chi connectivity index (χ1) is 11.2. The summed E-state index contributed by atoms with van der Waals surface area (Å²) in [6.45, 7) is 7.44. The van der Waals surface area contributed by atoms with Crippen LogP contribution in [0.5, 0.6) is 0 Å². The monoisotopic (exact) mass is 337 g/mol. The van der Waals surface area contributed by atoms with Gasteiger partial charge in [0, 0.05) is 31.1 Å². The Kier molecular flexibility index (Phi) is 6.05. The molecule has 0 bridgehead atoms. The lowest BCUT2D eigenvalue weighted by Crippen LogP contribution is -2.56. The van der Waals surface area contributed by atoms with Crippen molar-refractivity contribution in [2.24, 2.45) is 5.92 Å². The van der Waals surface area contributed by atoms with E-state index in [0.29, 0.717) is 12.5 Å². The highest BCUT2D eigenvalue weighted by Gasteiger charge is 2.29. The van der Waals surface area contributed by atoms with Crippen molar-refractivity contribution in [3.63, 3.8) is 0 Å². The minimum Gasteiger partial charge on any atom is -0.375 e. The lowest BCUT2D eigenvalue weighted by Gasteiger charge is -2.33. The summed E-state index contributed by atoms with van der Waals surface area (Å²) in [5, 5.41) is 8.51. The van der Waals surface area contributed by atoms with Crippen LogP contribution in [0.15, 0.2) is 17.5 Å². The minimum atomic E-state index is -0.213. The molecule has 0 aliphatic carbocycles. The smallest absolute Gasteiger partial charge is 0.239 e. The van der Waals surface area contributed by atoms with Crippen LogP contribution in [0, 0.1) is 5.92 Å². The molecule has 2 fully saturated rings. The zero-order chi connectivity index (χ0) is 16.1. The third kappa shape index (κ3) is 4.76. The van der Waals surface area contributed by atoms with E-state index in [2.05, 4.69) is 33.0 Å². The van der Waals surface area contributed by atoms with E-state index in [1.165, 1.54) is 17.7 Å². The minimum absolute atomic E-state index is 0.0505. The van der Waals surface area contributed by atoms with Crippen LogP contribution in [0.25, 0.3) is 0 Å². The first-order valence-electron chi connectivity index (χ1n) is 8.60. The third-order valence-electron chi connectivity index (χ3n) is 4.73. The molecule has 2 aliphatic rings. The fourth-order valence-corrected chi connectivity index (χ4v) is 4.21. The van der Waals surface area contributed by atoms with Crippen LogP contribution >= 0.6 is 11.3 Å². The quantitative estimate of drug-likeness (QED) is 0.854. The van der Waals surface area contributed by atoms with Crippen LogP contribution in [0.1, 0.15) is 24.6 Å². The van der Waals surface area contributed by atoms with Crippen LogP contribution in [0.4, 0.5) is 0 Å². The van der Waals surface area contributed by atoms with Crippen LogP contribution in [0.2, 0.25) is 0 Å². The van der Waals surface area contributed by atoms with E-state index in [9.17, 15) is 4.79 Å². The average molecular weight is 337 g/mol. The molecule has 23 heavy (non-hydrogen) atoms. The van der Waals surface area contributed by atoms with Crippen molar-refractivity contribution in [1.82, 2.24) is 15.5 Å². The Morgan fingerprint density at radius 2 is 2.48 bits per heavy atom. The topological polar surface area (TPSA) is 53.6 Å². The van der Waals surface area contributed by atoms with Crippen molar-refractivity contribution < 1.29 is 9.53 Å².